The third-order valence-corrected chi connectivity index (χ3v) is 2.55. The molecule has 1 heterocycles. The van der Waals surface area contributed by atoms with Gasteiger partial charge in [-0.1, -0.05) is 0 Å². The van der Waals surface area contributed by atoms with Crippen LogP contribution < -0.4 is 5.32 Å². The fourth-order valence-electron chi connectivity index (χ4n) is 1.92. The lowest BCUT2D eigenvalue weighted by molar-refractivity contribution is -0.128. The van der Waals surface area contributed by atoms with Gasteiger partial charge in [-0.05, 0) is 27.4 Å². The monoisotopic (exact) mass is 199 g/mol. The van der Waals surface area contributed by atoms with Gasteiger partial charge in [0.1, 0.15) is 0 Å². The van der Waals surface area contributed by atoms with Gasteiger partial charge in [0, 0.05) is 26.2 Å². The number of likely N-dealkylation sites (tertiary alicyclic amines) is 1. The molecule has 0 bridgehead atoms. The van der Waals surface area contributed by atoms with E-state index in [1.807, 2.05) is 21.1 Å². The fourth-order valence-corrected chi connectivity index (χ4v) is 1.92. The van der Waals surface area contributed by atoms with Gasteiger partial charge >= 0.3 is 0 Å². The van der Waals surface area contributed by atoms with Crippen molar-refractivity contribution in [1.29, 1.82) is 0 Å². The molecule has 1 N–H and O–H groups in total. The minimum absolute atomic E-state index is 0.0370. The van der Waals surface area contributed by atoms with Gasteiger partial charge in [-0.15, -0.1) is 0 Å². The highest BCUT2D eigenvalue weighted by Gasteiger charge is 2.29. The van der Waals surface area contributed by atoms with Gasteiger partial charge in [-0.3, -0.25) is 4.79 Å². The number of amides is 1. The van der Waals surface area contributed by atoms with Crippen molar-refractivity contribution in [1.82, 2.24) is 15.1 Å². The lowest BCUT2D eigenvalue weighted by Crippen LogP contribution is -2.45. The van der Waals surface area contributed by atoms with Gasteiger partial charge in [0.2, 0.25) is 5.91 Å². The number of nitrogens with zero attached hydrogens (tertiary/aromatic N) is 2. The van der Waals surface area contributed by atoms with Crippen LogP contribution in [0, 0.1) is 0 Å². The third kappa shape index (κ3) is 2.96. The molecule has 14 heavy (non-hydrogen) atoms. The minimum Gasteiger partial charge on any atom is -0.344 e. The molecule has 0 aromatic heterocycles. The van der Waals surface area contributed by atoms with Crippen molar-refractivity contribution in [2.75, 3.05) is 34.2 Å². The zero-order valence-electron chi connectivity index (χ0n) is 9.58. The first-order valence-corrected chi connectivity index (χ1v) is 5.16. The Morgan fingerprint density at radius 3 is 2.71 bits per heavy atom. The van der Waals surface area contributed by atoms with Crippen LogP contribution in [0.15, 0.2) is 0 Å². The summed E-state index contributed by atoms with van der Waals surface area (Å²) in [5.41, 5.74) is 0. The number of rotatable bonds is 4. The zero-order chi connectivity index (χ0) is 10.7. The van der Waals surface area contributed by atoms with Crippen LogP contribution in [0.25, 0.3) is 0 Å². The Morgan fingerprint density at radius 1 is 1.64 bits per heavy atom. The second-order valence-electron chi connectivity index (χ2n) is 4.43. The van der Waals surface area contributed by atoms with Crippen LogP contribution in [0.3, 0.4) is 0 Å². The van der Waals surface area contributed by atoms with E-state index in [9.17, 15) is 4.79 Å². The van der Waals surface area contributed by atoms with Crippen LogP contribution in [0.5, 0.6) is 0 Å². The van der Waals surface area contributed by atoms with Crippen molar-refractivity contribution in [3.8, 4) is 0 Å². The average molecular weight is 199 g/mol. The first-order valence-electron chi connectivity index (χ1n) is 5.16. The summed E-state index contributed by atoms with van der Waals surface area (Å²) in [7, 11) is 5.95. The maximum absolute atomic E-state index is 11.6. The largest absolute Gasteiger partial charge is 0.344 e. The van der Waals surface area contributed by atoms with E-state index < -0.39 is 0 Å². The van der Waals surface area contributed by atoms with Gasteiger partial charge < -0.3 is 15.1 Å². The van der Waals surface area contributed by atoms with Crippen molar-refractivity contribution < 1.29 is 4.79 Å². The van der Waals surface area contributed by atoms with Crippen LogP contribution in [0.1, 0.15) is 13.3 Å². The first kappa shape index (κ1) is 11.5. The van der Waals surface area contributed by atoms with Crippen molar-refractivity contribution in [3.63, 3.8) is 0 Å². The van der Waals surface area contributed by atoms with Crippen molar-refractivity contribution in [3.05, 3.63) is 0 Å². The molecule has 1 rings (SSSR count). The summed E-state index contributed by atoms with van der Waals surface area (Å²) in [6.45, 7) is 3.96. The molecule has 0 radical (unpaired) electrons. The van der Waals surface area contributed by atoms with E-state index in [4.69, 9.17) is 0 Å². The summed E-state index contributed by atoms with van der Waals surface area (Å²) in [6, 6.07) is 0.403. The second-order valence-corrected chi connectivity index (χ2v) is 4.43. The number of nitrogens with one attached hydrogen (secondary N) is 1. The van der Waals surface area contributed by atoms with E-state index in [1.165, 1.54) is 0 Å². The Hall–Kier alpha value is -0.610. The number of carbonyl (C=O) groups is 1. The van der Waals surface area contributed by atoms with Crippen LogP contribution in [0.2, 0.25) is 0 Å². The maximum atomic E-state index is 11.6. The van der Waals surface area contributed by atoms with Crippen LogP contribution >= 0.6 is 0 Å². The molecule has 4 heteroatoms. The van der Waals surface area contributed by atoms with E-state index in [0.717, 1.165) is 19.5 Å². The normalized spacial score (nSPS) is 24.8. The van der Waals surface area contributed by atoms with Gasteiger partial charge in [0.15, 0.2) is 0 Å². The SMILES string of the molecule is CC(CN(C)C)NC1CCN(C)C1=O. The second kappa shape index (κ2) is 4.75. The zero-order valence-corrected chi connectivity index (χ0v) is 9.58. The van der Waals surface area contributed by atoms with Gasteiger partial charge in [-0.2, -0.15) is 0 Å². The average Bonchev–Trinajstić information content (AvgIpc) is 2.34. The van der Waals surface area contributed by atoms with E-state index in [0.29, 0.717) is 6.04 Å². The maximum Gasteiger partial charge on any atom is 0.239 e. The molecular weight excluding hydrogens is 178 g/mol. The number of carbonyl (C=O) groups excluding carboxylic acids is 1. The number of likely N-dealkylation sites (N-methyl/N-ethyl adjacent to an activating group) is 2. The molecular formula is C10H21N3O. The van der Waals surface area contributed by atoms with Gasteiger partial charge in [0.25, 0.3) is 0 Å². The molecule has 0 aromatic rings. The summed E-state index contributed by atoms with van der Waals surface area (Å²) in [4.78, 5) is 15.5. The Labute approximate surface area is 86.2 Å². The lowest BCUT2D eigenvalue weighted by Gasteiger charge is -2.21. The Bertz CT molecular complexity index is 206. The van der Waals surface area contributed by atoms with Crippen LogP contribution in [-0.2, 0) is 4.79 Å². The highest BCUT2D eigenvalue weighted by molar-refractivity contribution is 5.83. The first-order chi connectivity index (χ1) is 6.50. The summed E-state index contributed by atoms with van der Waals surface area (Å²) >= 11 is 0. The topological polar surface area (TPSA) is 35.6 Å². The summed E-state index contributed by atoms with van der Waals surface area (Å²) in [6.07, 6.45) is 0.938. The van der Waals surface area contributed by atoms with E-state index >= 15 is 0 Å². The molecule has 2 unspecified atom stereocenters. The van der Waals surface area contributed by atoms with E-state index in [2.05, 4.69) is 17.1 Å². The standard InChI is InChI=1S/C10H21N3O/c1-8(7-12(2)3)11-9-5-6-13(4)10(9)14/h8-9,11H,5-7H2,1-4H3. The Kier molecular flexibility index (Phi) is 3.89. The molecule has 0 aromatic carbocycles. The van der Waals surface area contributed by atoms with Crippen molar-refractivity contribution in [2.24, 2.45) is 0 Å². The molecule has 1 saturated heterocycles. The Balaban J connectivity index is 2.34. The summed E-state index contributed by atoms with van der Waals surface area (Å²) in [5.74, 6) is 0.232. The third-order valence-electron chi connectivity index (χ3n) is 2.55. The van der Waals surface area contributed by atoms with Gasteiger partial charge in [0.05, 0.1) is 6.04 Å². The highest BCUT2D eigenvalue weighted by atomic mass is 16.2. The minimum atomic E-state index is 0.0370. The molecule has 0 aliphatic carbocycles. The molecule has 82 valence electrons. The molecule has 2 atom stereocenters. The van der Waals surface area contributed by atoms with Crippen LogP contribution in [0.4, 0.5) is 0 Å². The molecule has 0 saturated carbocycles. The molecule has 0 spiro atoms. The molecule has 1 aliphatic heterocycles. The predicted octanol–water partition coefficient (Wildman–Crippen LogP) is -0.243. The van der Waals surface area contributed by atoms with Crippen LogP contribution in [-0.4, -0.2) is 62.0 Å². The van der Waals surface area contributed by atoms with E-state index in [-0.39, 0.29) is 11.9 Å². The highest BCUT2D eigenvalue weighted by Crippen LogP contribution is 2.09. The number of hydrogen-bond donors (Lipinski definition) is 1. The summed E-state index contributed by atoms with van der Waals surface area (Å²) < 4.78 is 0. The van der Waals surface area contributed by atoms with Crippen molar-refractivity contribution in [2.45, 2.75) is 25.4 Å². The molecule has 1 amide bonds. The summed E-state index contributed by atoms with van der Waals surface area (Å²) in [5, 5.41) is 3.36. The fraction of sp³-hybridized carbons (Fsp3) is 0.900. The predicted molar refractivity (Wildman–Crippen MR) is 57.2 cm³/mol. The van der Waals surface area contributed by atoms with Crippen molar-refractivity contribution >= 4 is 5.91 Å². The lowest BCUT2D eigenvalue weighted by atomic mass is 10.2. The van der Waals surface area contributed by atoms with Gasteiger partial charge in [-0.25, -0.2) is 0 Å². The quantitative estimate of drug-likeness (QED) is 0.678. The number of hydrogen-bond acceptors (Lipinski definition) is 3. The molecule has 1 fully saturated rings. The Morgan fingerprint density at radius 2 is 2.29 bits per heavy atom. The molecule has 1 aliphatic rings. The smallest absolute Gasteiger partial charge is 0.239 e. The van der Waals surface area contributed by atoms with E-state index in [1.54, 1.807) is 4.90 Å². The molecule has 4 nitrogen and oxygen atoms in total.